The molecule has 3 rings (SSSR count). The SMILES string of the molecule is COc1ccc(CNC(=O)c2ccnc(C(=O)N3CCCCCC3)c2)cc1. The molecule has 27 heavy (non-hydrogen) atoms. The van der Waals surface area contributed by atoms with Gasteiger partial charge in [-0.1, -0.05) is 25.0 Å². The number of carbonyl (C=O) groups excluding carboxylic acids is 2. The third-order valence-electron chi connectivity index (χ3n) is 4.75. The van der Waals surface area contributed by atoms with Crippen LogP contribution in [0, 0.1) is 0 Å². The molecule has 0 unspecified atom stereocenters. The Kier molecular flexibility index (Phi) is 6.41. The van der Waals surface area contributed by atoms with Crippen LogP contribution >= 0.6 is 0 Å². The fourth-order valence-electron chi connectivity index (χ4n) is 3.15. The largest absolute Gasteiger partial charge is 0.497 e. The zero-order valence-corrected chi connectivity index (χ0v) is 15.6. The van der Waals surface area contributed by atoms with Crippen LogP contribution in [-0.4, -0.2) is 41.9 Å². The second-order valence-corrected chi connectivity index (χ2v) is 6.67. The van der Waals surface area contributed by atoms with E-state index in [4.69, 9.17) is 4.74 Å². The highest BCUT2D eigenvalue weighted by atomic mass is 16.5. The van der Waals surface area contributed by atoms with E-state index in [0.717, 1.165) is 50.1 Å². The predicted octanol–water partition coefficient (Wildman–Crippen LogP) is 3.04. The molecule has 1 aliphatic rings. The Morgan fingerprint density at radius 1 is 1.07 bits per heavy atom. The summed E-state index contributed by atoms with van der Waals surface area (Å²) in [4.78, 5) is 31.2. The van der Waals surface area contributed by atoms with Gasteiger partial charge < -0.3 is 15.0 Å². The summed E-state index contributed by atoms with van der Waals surface area (Å²) in [5.41, 5.74) is 1.74. The standard InChI is InChI=1S/C21H25N3O3/c1-27-18-8-6-16(7-9-18)15-23-20(25)17-10-11-22-19(14-17)21(26)24-12-4-2-3-5-13-24/h6-11,14H,2-5,12-13,15H2,1H3,(H,23,25). The van der Waals surface area contributed by atoms with Gasteiger partial charge in [0.25, 0.3) is 11.8 Å². The van der Waals surface area contributed by atoms with Gasteiger partial charge in [-0.2, -0.15) is 0 Å². The van der Waals surface area contributed by atoms with Crippen LogP contribution in [0.3, 0.4) is 0 Å². The molecule has 1 aliphatic heterocycles. The van der Waals surface area contributed by atoms with E-state index in [0.29, 0.717) is 17.8 Å². The van der Waals surface area contributed by atoms with E-state index in [1.165, 1.54) is 6.20 Å². The van der Waals surface area contributed by atoms with Crippen LogP contribution in [0.25, 0.3) is 0 Å². The maximum Gasteiger partial charge on any atom is 0.272 e. The number of hydrogen-bond donors (Lipinski definition) is 1. The molecule has 0 saturated carbocycles. The van der Waals surface area contributed by atoms with Crippen LogP contribution < -0.4 is 10.1 Å². The number of benzene rings is 1. The van der Waals surface area contributed by atoms with Crippen molar-refractivity contribution >= 4 is 11.8 Å². The van der Waals surface area contributed by atoms with E-state index in [9.17, 15) is 9.59 Å². The van der Waals surface area contributed by atoms with Crippen LogP contribution in [0.5, 0.6) is 5.75 Å². The molecule has 2 heterocycles. The average Bonchev–Trinajstić information content (AvgIpc) is 3.01. The van der Waals surface area contributed by atoms with Crippen molar-refractivity contribution in [2.24, 2.45) is 0 Å². The Bertz CT molecular complexity index is 782. The third kappa shape index (κ3) is 5.06. The Hall–Kier alpha value is -2.89. The highest BCUT2D eigenvalue weighted by molar-refractivity contribution is 5.98. The first-order valence-corrected chi connectivity index (χ1v) is 9.34. The highest BCUT2D eigenvalue weighted by Crippen LogP contribution is 2.14. The molecular weight excluding hydrogens is 342 g/mol. The van der Waals surface area contributed by atoms with Crippen molar-refractivity contribution in [1.82, 2.24) is 15.2 Å². The highest BCUT2D eigenvalue weighted by Gasteiger charge is 2.19. The van der Waals surface area contributed by atoms with Crippen LogP contribution in [0.4, 0.5) is 0 Å². The van der Waals surface area contributed by atoms with E-state index in [2.05, 4.69) is 10.3 Å². The lowest BCUT2D eigenvalue weighted by atomic mass is 10.1. The zero-order valence-electron chi connectivity index (χ0n) is 15.6. The number of likely N-dealkylation sites (tertiary alicyclic amines) is 1. The first-order valence-electron chi connectivity index (χ1n) is 9.34. The van der Waals surface area contributed by atoms with Gasteiger partial charge in [-0.25, -0.2) is 0 Å². The molecule has 2 aromatic rings. The predicted molar refractivity (Wildman–Crippen MR) is 103 cm³/mol. The maximum absolute atomic E-state index is 12.7. The fraction of sp³-hybridized carbons (Fsp3) is 0.381. The van der Waals surface area contributed by atoms with Crippen molar-refractivity contribution in [3.05, 3.63) is 59.4 Å². The van der Waals surface area contributed by atoms with E-state index in [1.54, 1.807) is 19.2 Å². The first-order chi connectivity index (χ1) is 13.2. The summed E-state index contributed by atoms with van der Waals surface area (Å²) in [6.07, 6.45) is 5.88. The molecule has 1 N–H and O–H groups in total. The van der Waals surface area contributed by atoms with Gasteiger partial charge in [-0.05, 0) is 42.7 Å². The summed E-state index contributed by atoms with van der Waals surface area (Å²) in [5.74, 6) is 0.454. The number of nitrogens with one attached hydrogen (secondary N) is 1. The number of pyridine rings is 1. The van der Waals surface area contributed by atoms with E-state index < -0.39 is 0 Å². The van der Waals surface area contributed by atoms with Gasteiger partial charge in [0.1, 0.15) is 11.4 Å². The fourth-order valence-corrected chi connectivity index (χ4v) is 3.15. The number of methoxy groups -OCH3 is 1. The van der Waals surface area contributed by atoms with Gasteiger partial charge in [0.05, 0.1) is 7.11 Å². The van der Waals surface area contributed by atoms with Gasteiger partial charge in [-0.3, -0.25) is 14.6 Å². The number of amides is 2. The lowest BCUT2D eigenvalue weighted by Crippen LogP contribution is -2.32. The molecule has 0 bridgehead atoms. The second kappa shape index (κ2) is 9.16. The molecule has 6 heteroatoms. The lowest BCUT2D eigenvalue weighted by Gasteiger charge is -2.19. The van der Waals surface area contributed by atoms with Gasteiger partial charge >= 0.3 is 0 Å². The number of ether oxygens (including phenoxy) is 1. The number of nitrogens with zero attached hydrogens (tertiary/aromatic N) is 2. The molecule has 1 aromatic heterocycles. The Labute approximate surface area is 159 Å². The van der Waals surface area contributed by atoms with E-state index in [1.807, 2.05) is 29.2 Å². The molecule has 0 radical (unpaired) electrons. The first kappa shape index (κ1) is 18.9. The topological polar surface area (TPSA) is 71.5 Å². The minimum atomic E-state index is -0.224. The number of carbonyl (C=O) groups is 2. The summed E-state index contributed by atoms with van der Waals surface area (Å²) in [6.45, 7) is 1.92. The van der Waals surface area contributed by atoms with Crippen LogP contribution in [0.15, 0.2) is 42.6 Å². The minimum absolute atomic E-state index is 0.0956. The monoisotopic (exact) mass is 367 g/mol. The summed E-state index contributed by atoms with van der Waals surface area (Å²) in [7, 11) is 1.62. The molecule has 0 aliphatic carbocycles. The Balaban J connectivity index is 1.63. The number of rotatable bonds is 5. The molecule has 0 spiro atoms. The van der Waals surface area contributed by atoms with E-state index in [-0.39, 0.29) is 11.8 Å². The van der Waals surface area contributed by atoms with Crippen molar-refractivity contribution in [3.8, 4) is 5.75 Å². The third-order valence-corrected chi connectivity index (χ3v) is 4.75. The molecular formula is C21H25N3O3. The van der Waals surface area contributed by atoms with Crippen molar-refractivity contribution < 1.29 is 14.3 Å². The lowest BCUT2D eigenvalue weighted by molar-refractivity contribution is 0.0755. The van der Waals surface area contributed by atoms with Crippen molar-refractivity contribution in [2.75, 3.05) is 20.2 Å². The summed E-state index contributed by atoms with van der Waals surface area (Å²) < 4.78 is 5.13. The molecule has 1 saturated heterocycles. The molecule has 0 atom stereocenters. The zero-order chi connectivity index (χ0) is 19.1. The number of aromatic nitrogens is 1. The van der Waals surface area contributed by atoms with Gasteiger partial charge in [0, 0.05) is 31.4 Å². The van der Waals surface area contributed by atoms with E-state index >= 15 is 0 Å². The molecule has 1 aromatic carbocycles. The quantitative estimate of drug-likeness (QED) is 0.882. The van der Waals surface area contributed by atoms with Gasteiger partial charge in [-0.15, -0.1) is 0 Å². The molecule has 6 nitrogen and oxygen atoms in total. The smallest absolute Gasteiger partial charge is 0.272 e. The van der Waals surface area contributed by atoms with Crippen LogP contribution in [0.2, 0.25) is 0 Å². The molecule has 2 amide bonds. The average molecular weight is 367 g/mol. The minimum Gasteiger partial charge on any atom is -0.497 e. The van der Waals surface area contributed by atoms with Gasteiger partial charge in [0.15, 0.2) is 0 Å². The van der Waals surface area contributed by atoms with Crippen molar-refractivity contribution in [2.45, 2.75) is 32.2 Å². The number of hydrogen-bond acceptors (Lipinski definition) is 4. The maximum atomic E-state index is 12.7. The summed E-state index contributed by atoms with van der Waals surface area (Å²) >= 11 is 0. The Morgan fingerprint density at radius 2 is 1.78 bits per heavy atom. The normalized spacial score (nSPS) is 14.3. The second-order valence-electron chi connectivity index (χ2n) is 6.67. The summed E-state index contributed by atoms with van der Waals surface area (Å²) in [5, 5.41) is 2.88. The summed E-state index contributed by atoms with van der Waals surface area (Å²) in [6, 6.07) is 10.7. The van der Waals surface area contributed by atoms with Crippen molar-refractivity contribution in [3.63, 3.8) is 0 Å². The van der Waals surface area contributed by atoms with Crippen LogP contribution in [-0.2, 0) is 6.54 Å². The Morgan fingerprint density at radius 3 is 2.44 bits per heavy atom. The molecule has 1 fully saturated rings. The van der Waals surface area contributed by atoms with Crippen molar-refractivity contribution in [1.29, 1.82) is 0 Å². The molecule has 142 valence electrons. The van der Waals surface area contributed by atoms with Gasteiger partial charge in [0.2, 0.25) is 0 Å². The van der Waals surface area contributed by atoms with Crippen LogP contribution in [0.1, 0.15) is 52.1 Å².